The molecule has 0 spiro atoms. The van der Waals surface area contributed by atoms with E-state index in [9.17, 15) is 9.18 Å². The highest BCUT2D eigenvalue weighted by molar-refractivity contribution is 7.14. The van der Waals surface area contributed by atoms with E-state index < -0.39 is 11.8 Å². The van der Waals surface area contributed by atoms with Crippen molar-refractivity contribution in [2.45, 2.75) is 13.5 Å². The van der Waals surface area contributed by atoms with Crippen molar-refractivity contribution in [1.82, 2.24) is 0 Å². The van der Waals surface area contributed by atoms with Gasteiger partial charge in [-0.25, -0.2) is 9.18 Å². The van der Waals surface area contributed by atoms with Crippen molar-refractivity contribution < 1.29 is 13.9 Å². The van der Waals surface area contributed by atoms with Crippen LogP contribution in [0.1, 0.15) is 20.1 Å². The lowest BCUT2D eigenvalue weighted by Gasteiger charge is -2.05. The fraction of sp³-hybridized carbons (Fsp3) is 0.154. The van der Waals surface area contributed by atoms with Gasteiger partial charge in [0.05, 0.1) is 0 Å². The average Bonchev–Trinajstić information content (AvgIpc) is 2.68. The Bertz CT molecular complexity index is 608. The van der Waals surface area contributed by atoms with Gasteiger partial charge < -0.3 is 10.5 Å². The first-order chi connectivity index (χ1) is 8.97. The zero-order valence-electron chi connectivity index (χ0n) is 10.1. The molecule has 6 heteroatoms. The number of carbonyl (C=O) groups excluding carboxylic acids is 1. The maximum atomic E-state index is 13.5. The third-order valence-corrected chi connectivity index (χ3v) is 3.81. The van der Waals surface area contributed by atoms with Gasteiger partial charge in [0.2, 0.25) is 0 Å². The molecule has 0 atom stereocenters. The van der Waals surface area contributed by atoms with Gasteiger partial charge in [-0.15, -0.1) is 11.3 Å². The minimum atomic E-state index is -0.515. The van der Waals surface area contributed by atoms with Gasteiger partial charge in [-0.2, -0.15) is 0 Å². The van der Waals surface area contributed by atoms with Crippen molar-refractivity contribution >= 4 is 34.6 Å². The van der Waals surface area contributed by atoms with Crippen molar-refractivity contribution in [2.75, 3.05) is 5.73 Å². The van der Waals surface area contributed by atoms with Crippen LogP contribution in [0.5, 0.6) is 0 Å². The number of nitrogens with two attached hydrogens (primary N) is 1. The van der Waals surface area contributed by atoms with E-state index in [0.29, 0.717) is 15.6 Å². The topological polar surface area (TPSA) is 52.3 Å². The highest BCUT2D eigenvalue weighted by Gasteiger charge is 2.13. The van der Waals surface area contributed by atoms with Crippen LogP contribution in [-0.2, 0) is 11.3 Å². The Morgan fingerprint density at radius 3 is 2.79 bits per heavy atom. The van der Waals surface area contributed by atoms with Crippen LogP contribution >= 0.6 is 22.9 Å². The number of nitrogen functional groups attached to an aromatic ring is 1. The van der Waals surface area contributed by atoms with Crippen LogP contribution in [0.25, 0.3) is 0 Å². The van der Waals surface area contributed by atoms with Crippen LogP contribution in [0, 0.1) is 12.7 Å². The van der Waals surface area contributed by atoms with Gasteiger partial charge in [0.15, 0.2) is 0 Å². The Morgan fingerprint density at radius 1 is 1.47 bits per heavy atom. The molecule has 19 heavy (non-hydrogen) atoms. The Balaban J connectivity index is 2.04. The third kappa shape index (κ3) is 3.24. The van der Waals surface area contributed by atoms with Gasteiger partial charge in [-0.1, -0.05) is 17.7 Å². The number of hydrogen-bond acceptors (Lipinski definition) is 4. The summed E-state index contributed by atoms with van der Waals surface area (Å²) in [4.78, 5) is 13.0. The summed E-state index contributed by atoms with van der Waals surface area (Å²) in [7, 11) is 0. The SMILES string of the molecule is Cc1sc(C(=O)OCc2ccc(Cl)cc2F)cc1N. The molecule has 2 aromatic rings. The highest BCUT2D eigenvalue weighted by Crippen LogP contribution is 2.24. The van der Waals surface area contributed by atoms with Crippen LogP contribution in [-0.4, -0.2) is 5.97 Å². The van der Waals surface area contributed by atoms with E-state index in [0.717, 1.165) is 4.88 Å². The van der Waals surface area contributed by atoms with Crippen molar-refractivity contribution in [3.8, 4) is 0 Å². The van der Waals surface area contributed by atoms with E-state index in [2.05, 4.69) is 0 Å². The molecule has 0 saturated carbocycles. The number of carbonyl (C=O) groups is 1. The summed E-state index contributed by atoms with van der Waals surface area (Å²) in [6, 6.07) is 5.76. The molecule has 0 fully saturated rings. The summed E-state index contributed by atoms with van der Waals surface area (Å²) < 4.78 is 18.5. The largest absolute Gasteiger partial charge is 0.457 e. The number of halogens is 2. The maximum Gasteiger partial charge on any atom is 0.348 e. The number of hydrogen-bond donors (Lipinski definition) is 1. The number of benzene rings is 1. The fourth-order valence-corrected chi connectivity index (χ4v) is 2.44. The van der Waals surface area contributed by atoms with E-state index in [1.165, 1.54) is 23.5 Å². The summed E-state index contributed by atoms with van der Waals surface area (Å²) in [5, 5.41) is 0.300. The first kappa shape index (κ1) is 13.8. The zero-order valence-corrected chi connectivity index (χ0v) is 11.6. The van der Waals surface area contributed by atoms with Crippen molar-refractivity contribution in [2.24, 2.45) is 0 Å². The van der Waals surface area contributed by atoms with E-state index in [4.69, 9.17) is 22.1 Å². The maximum absolute atomic E-state index is 13.5. The van der Waals surface area contributed by atoms with Crippen LogP contribution in [0.3, 0.4) is 0 Å². The standard InChI is InChI=1S/C13H11ClFNO2S/c1-7-11(16)5-12(19-7)13(17)18-6-8-2-3-9(14)4-10(8)15/h2-5H,6,16H2,1H3. The summed E-state index contributed by atoms with van der Waals surface area (Å²) in [6.45, 7) is 1.67. The number of ether oxygens (including phenoxy) is 1. The lowest BCUT2D eigenvalue weighted by molar-refractivity contribution is 0.0475. The van der Waals surface area contributed by atoms with E-state index in [-0.39, 0.29) is 12.2 Å². The number of rotatable bonds is 3. The predicted octanol–water partition coefficient (Wildman–Crippen LogP) is 3.79. The smallest absolute Gasteiger partial charge is 0.348 e. The van der Waals surface area contributed by atoms with Gasteiger partial charge in [0, 0.05) is 21.2 Å². The lowest BCUT2D eigenvalue weighted by Crippen LogP contribution is -2.04. The molecule has 1 aromatic heterocycles. The third-order valence-electron chi connectivity index (χ3n) is 2.53. The van der Waals surface area contributed by atoms with Gasteiger partial charge in [0.25, 0.3) is 0 Å². The Morgan fingerprint density at radius 2 is 2.21 bits per heavy atom. The lowest BCUT2D eigenvalue weighted by atomic mass is 10.2. The van der Waals surface area contributed by atoms with Gasteiger partial charge in [-0.05, 0) is 25.1 Å². The Kier molecular flexibility index (Phi) is 4.07. The molecule has 0 radical (unpaired) electrons. The summed E-state index contributed by atoms with van der Waals surface area (Å²) >= 11 is 6.89. The molecular formula is C13H11ClFNO2S. The second kappa shape index (κ2) is 5.59. The molecule has 0 unspecified atom stereocenters. The molecule has 0 bridgehead atoms. The molecule has 0 aliphatic carbocycles. The second-order valence-corrected chi connectivity index (χ2v) is 5.63. The molecule has 1 heterocycles. The molecular weight excluding hydrogens is 289 g/mol. The van der Waals surface area contributed by atoms with Crippen molar-refractivity contribution in [3.63, 3.8) is 0 Å². The summed E-state index contributed by atoms with van der Waals surface area (Å²) in [6.07, 6.45) is 0. The minimum absolute atomic E-state index is 0.140. The normalized spacial score (nSPS) is 10.5. The van der Waals surface area contributed by atoms with Gasteiger partial charge >= 0.3 is 5.97 Å². The molecule has 0 saturated heterocycles. The molecule has 0 aliphatic heterocycles. The number of esters is 1. The number of anilines is 1. The van der Waals surface area contributed by atoms with Crippen LogP contribution < -0.4 is 5.73 Å². The first-order valence-electron chi connectivity index (χ1n) is 5.44. The fourth-order valence-electron chi connectivity index (χ4n) is 1.45. The highest BCUT2D eigenvalue weighted by atomic mass is 35.5. The van der Waals surface area contributed by atoms with Crippen LogP contribution in [0.15, 0.2) is 24.3 Å². The van der Waals surface area contributed by atoms with E-state index in [1.807, 2.05) is 6.92 Å². The van der Waals surface area contributed by atoms with Crippen LogP contribution in [0.2, 0.25) is 5.02 Å². The van der Waals surface area contributed by atoms with Gasteiger partial charge in [0.1, 0.15) is 17.3 Å². The zero-order chi connectivity index (χ0) is 14.0. The average molecular weight is 300 g/mol. The molecule has 2 rings (SSSR count). The summed E-state index contributed by atoms with van der Waals surface area (Å²) in [5.41, 5.74) is 6.48. The molecule has 2 N–H and O–H groups in total. The Hall–Kier alpha value is -1.59. The molecule has 0 aliphatic rings. The number of thiophene rings is 1. The van der Waals surface area contributed by atoms with Crippen molar-refractivity contribution in [1.29, 1.82) is 0 Å². The summed E-state index contributed by atoms with van der Waals surface area (Å²) in [5.74, 6) is -1.01. The van der Waals surface area contributed by atoms with E-state index >= 15 is 0 Å². The van der Waals surface area contributed by atoms with Crippen molar-refractivity contribution in [3.05, 3.63) is 50.4 Å². The number of aryl methyl sites for hydroxylation is 1. The van der Waals surface area contributed by atoms with Gasteiger partial charge in [-0.3, -0.25) is 0 Å². The monoisotopic (exact) mass is 299 g/mol. The second-order valence-electron chi connectivity index (χ2n) is 3.93. The molecule has 100 valence electrons. The molecule has 0 amide bonds. The van der Waals surface area contributed by atoms with E-state index in [1.54, 1.807) is 12.1 Å². The predicted molar refractivity (Wildman–Crippen MR) is 74.0 cm³/mol. The first-order valence-corrected chi connectivity index (χ1v) is 6.64. The quantitative estimate of drug-likeness (QED) is 0.877. The van der Waals surface area contributed by atoms with Crippen LogP contribution in [0.4, 0.5) is 10.1 Å². The molecule has 1 aromatic carbocycles. The Labute approximate surface area is 118 Å². The molecule has 3 nitrogen and oxygen atoms in total. The minimum Gasteiger partial charge on any atom is -0.457 e.